The van der Waals surface area contributed by atoms with Crippen molar-refractivity contribution in [1.29, 1.82) is 5.26 Å². The fourth-order valence-corrected chi connectivity index (χ4v) is 4.46. The van der Waals surface area contributed by atoms with Crippen LogP contribution in [0.15, 0.2) is 25.8 Å². The number of hydrogen-bond acceptors (Lipinski definition) is 7. The highest BCUT2D eigenvalue weighted by molar-refractivity contribution is 8.24. The van der Waals surface area contributed by atoms with Gasteiger partial charge in [-0.2, -0.15) is 0 Å². The number of aliphatic carboxylic acids is 2. The minimum atomic E-state index is -1.15. The predicted molar refractivity (Wildman–Crippen MR) is 88.4 cm³/mol. The molecular weight excluding hydrogens is 368 g/mol. The molecule has 128 valence electrons. The zero-order chi connectivity index (χ0) is 18.6. The summed E-state index contributed by atoms with van der Waals surface area (Å²) in [5.41, 5.74) is 0.438. The van der Waals surface area contributed by atoms with Crippen molar-refractivity contribution in [3.63, 3.8) is 0 Å². The molecule has 0 fully saturated rings. The normalized spacial score (nSPS) is 14.0. The summed E-state index contributed by atoms with van der Waals surface area (Å²) in [5, 5.41) is 26.6. The Bertz CT molecular complexity index is 850. The molecule has 0 spiro atoms. The van der Waals surface area contributed by atoms with E-state index in [1.165, 1.54) is 0 Å². The Kier molecular flexibility index (Phi) is 5.80. The van der Waals surface area contributed by atoms with Gasteiger partial charge < -0.3 is 19.7 Å². The van der Waals surface area contributed by atoms with Crippen LogP contribution in [-0.2, 0) is 9.59 Å². The van der Waals surface area contributed by atoms with Crippen molar-refractivity contribution in [3.8, 4) is 17.6 Å². The number of carbonyl (C=O) groups is 2. The first-order valence-electron chi connectivity index (χ1n) is 6.61. The first-order chi connectivity index (χ1) is 11.9. The molecular formula is C15H10N2O6S2. The molecule has 1 aliphatic heterocycles. The Balaban J connectivity index is 2.52. The molecule has 0 unspecified atom stereocenters. The third-order valence-corrected chi connectivity index (χ3v) is 5.42. The number of aryl methyl sites for hydroxylation is 1. The van der Waals surface area contributed by atoms with Crippen LogP contribution in [0.1, 0.15) is 5.56 Å². The average Bonchev–Trinajstić information content (AvgIpc) is 2.97. The van der Waals surface area contributed by atoms with Gasteiger partial charge in [-0.25, -0.2) is 19.7 Å². The number of rotatable bonds is 6. The Morgan fingerprint density at radius 1 is 1.24 bits per heavy atom. The molecule has 1 aromatic carbocycles. The summed E-state index contributed by atoms with van der Waals surface area (Å²) in [6.45, 7) is 7.61. The third kappa shape index (κ3) is 4.18. The molecule has 0 radical (unpaired) electrons. The molecule has 2 rings (SSSR count). The monoisotopic (exact) mass is 378 g/mol. The van der Waals surface area contributed by atoms with Crippen LogP contribution < -0.4 is 9.47 Å². The van der Waals surface area contributed by atoms with E-state index < -0.39 is 25.2 Å². The molecule has 0 atom stereocenters. The number of carboxylic acid groups (broad SMARTS) is 2. The van der Waals surface area contributed by atoms with E-state index in [0.717, 1.165) is 23.5 Å². The van der Waals surface area contributed by atoms with Crippen LogP contribution in [0.4, 0.5) is 0 Å². The minimum Gasteiger partial charge on any atom is -0.481 e. The summed E-state index contributed by atoms with van der Waals surface area (Å²) in [6.07, 6.45) is 0. The van der Waals surface area contributed by atoms with Gasteiger partial charge in [0.2, 0.25) is 0 Å². The molecule has 0 saturated carbocycles. The van der Waals surface area contributed by atoms with Gasteiger partial charge in [-0.3, -0.25) is 0 Å². The highest BCUT2D eigenvalue weighted by Gasteiger charge is 2.30. The molecule has 0 aromatic heterocycles. The lowest BCUT2D eigenvalue weighted by Gasteiger charge is -2.14. The van der Waals surface area contributed by atoms with Crippen LogP contribution in [0, 0.1) is 24.8 Å². The van der Waals surface area contributed by atoms with E-state index in [2.05, 4.69) is 4.85 Å². The fourth-order valence-electron chi connectivity index (χ4n) is 1.89. The zero-order valence-electron chi connectivity index (χ0n) is 12.7. The predicted octanol–water partition coefficient (Wildman–Crippen LogP) is 2.73. The van der Waals surface area contributed by atoms with E-state index in [0.29, 0.717) is 25.3 Å². The van der Waals surface area contributed by atoms with Gasteiger partial charge in [0.15, 0.2) is 13.2 Å². The molecule has 0 amide bonds. The number of allylic oxidation sites excluding steroid dienone is 1. The van der Waals surface area contributed by atoms with Crippen molar-refractivity contribution < 1.29 is 29.3 Å². The van der Waals surface area contributed by atoms with Gasteiger partial charge >= 0.3 is 11.9 Å². The van der Waals surface area contributed by atoms with E-state index >= 15 is 0 Å². The van der Waals surface area contributed by atoms with Crippen molar-refractivity contribution in [2.75, 3.05) is 13.2 Å². The third-order valence-electron chi connectivity index (χ3n) is 2.83. The summed E-state index contributed by atoms with van der Waals surface area (Å²) in [5.74, 6) is -1.73. The second-order valence-electron chi connectivity index (χ2n) is 4.61. The molecule has 8 nitrogen and oxygen atoms in total. The standard InChI is InChI=1S/C15H10N2O6S2/c1-7-3-9(22-5-10(18)19)13-14(12(7)23-6-11(20)21)25-15(24-13)8(4-16)17-2/h3H,5-6H2,1H3,(H,18,19)(H,20,21)/b15-8+. The Hall–Kier alpha value is -2.82. The topological polar surface area (TPSA) is 121 Å². The van der Waals surface area contributed by atoms with Crippen LogP contribution in [0.2, 0.25) is 0 Å². The van der Waals surface area contributed by atoms with Gasteiger partial charge in [0.25, 0.3) is 5.70 Å². The average molecular weight is 378 g/mol. The van der Waals surface area contributed by atoms with Crippen molar-refractivity contribution in [2.24, 2.45) is 0 Å². The van der Waals surface area contributed by atoms with Crippen LogP contribution in [0.25, 0.3) is 4.85 Å². The molecule has 0 saturated heterocycles. The number of fused-ring (bicyclic) bond motifs is 1. The van der Waals surface area contributed by atoms with E-state index in [4.69, 9.17) is 31.5 Å². The van der Waals surface area contributed by atoms with Crippen molar-refractivity contribution in [3.05, 3.63) is 33.0 Å². The van der Waals surface area contributed by atoms with E-state index in [1.54, 1.807) is 19.1 Å². The summed E-state index contributed by atoms with van der Waals surface area (Å²) < 4.78 is 11.0. The Morgan fingerprint density at radius 2 is 1.84 bits per heavy atom. The molecule has 25 heavy (non-hydrogen) atoms. The summed E-state index contributed by atoms with van der Waals surface area (Å²) >= 11 is 2.19. The number of thioether (sulfide) groups is 2. The quantitative estimate of drug-likeness (QED) is 0.568. The lowest BCUT2D eigenvalue weighted by molar-refractivity contribution is -0.140. The number of carboxylic acids is 2. The second kappa shape index (κ2) is 7.83. The van der Waals surface area contributed by atoms with Gasteiger partial charge in [-0.15, -0.1) is 0 Å². The highest BCUT2D eigenvalue weighted by atomic mass is 32.2. The van der Waals surface area contributed by atoms with Gasteiger partial charge in [0.1, 0.15) is 11.5 Å². The maximum Gasteiger partial charge on any atom is 0.341 e. The second-order valence-corrected chi connectivity index (χ2v) is 6.91. The maximum atomic E-state index is 10.8. The molecule has 0 bridgehead atoms. The lowest BCUT2D eigenvalue weighted by atomic mass is 10.2. The molecule has 1 aromatic rings. The fraction of sp³-hybridized carbons (Fsp3) is 0.200. The van der Waals surface area contributed by atoms with Crippen LogP contribution in [-0.4, -0.2) is 35.4 Å². The van der Waals surface area contributed by atoms with E-state index in [-0.39, 0.29) is 11.4 Å². The first kappa shape index (κ1) is 18.5. The Labute approximate surface area is 150 Å². The van der Waals surface area contributed by atoms with Crippen molar-refractivity contribution >= 4 is 35.5 Å². The highest BCUT2D eigenvalue weighted by Crippen LogP contribution is 2.59. The van der Waals surface area contributed by atoms with Crippen LogP contribution >= 0.6 is 23.5 Å². The van der Waals surface area contributed by atoms with E-state index in [1.807, 2.05) is 0 Å². The van der Waals surface area contributed by atoms with Gasteiger partial charge in [0, 0.05) is 0 Å². The smallest absolute Gasteiger partial charge is 0.341 e. The van der Waals surface area contributed by atoms with Crippen LogP contribution in [0.5, 0.6) is 11.5 Å². The summed E-state index contributed by atoms with van der Waals surface area (Å²) in [7, 11) is 0. The summed E-state index contributed by atoms with van der Waals surface area (Å²) in [4.78, 5) is 25.7. The number of nitrogens with zero attached hydrogens (tertiary/aromatic N) is 2. The minimum absolute atomic E-state index is 0.114. The van der Waals surface area contributed by atoms with Gasteiger partial charge in [-0.1, -0.05) is 23.5 Å². The number of ether oxygens (including phenoxy) is 2. The number of benzene rings is 1. The number of nitriles is 1. The van der Waals surface area contributed by atoms with Gasteiger partial charge in [0.05, 0.1) is 26.7 Å². The molecule has 2 N–H and O–H groups in total. The molecule has 1 aliphatic rings. The van der Waals surface area contributed by atoms with Gasteiger partial charge in [-0.05, 0) is 18.6 Å². The summed E-state index contributed by atoms with van der Waals surface area (Å²) in [6, 6.07) is 3.34. The zero-order valence-corrected chi connectivity index (χ0v) is 14.4. The molecule has 1 heterocycles. The molecule has 0 aliphatic carbocycles. The number of hydrogen-bond donors (Lipinski definition) is 2. The first-order valence-corrected chi connectivity index (χ1v) is 8.25. The van der Waals surface area contributed by atoms with E-state index in [9.17, 15) is 9.59 Å². The Morgan fingerprint density at radius 3 is 2.40 bits per heavy atom. The lowest BCUT2D eigenvalue weighted by Crippen LogP contribution is -2.12. The maximum absolute atomic E-state index is 10.8. The van der Waals surface area contributed by atoms with Crippen molar-refractivity contribution in [2.45, 2.75) is 16.7 Å². The van der Waals surface area contributed by atoms with Crippen LogP contribution in [0.3, 0.4) is 0 Å². The SMILES string of the molecule is [C-]#[N+]/C(C#N)=C1\Sc2c(OCC(=O)O)cc(C)c(OCC(=O)O)c2S1. The molecule has 10 heteroatoms. The van der Waals surface area contributed by atoms with Crippen molar-refractivity contribution in [1.82, 2.24) is 0 Å². The largest absolute Gasteiger partial charge is 0.481 e.